The summed E-state index contributed by atoms with van der Waals surface area (Å²) < 4.78 is 5.86. The molecule has 0 saturated heterocycles. The third kappa shape index (κ3) is 3.85. The van der Waals surface area contributed by atoms with E-state index in [-0.39, 0.29) is 5.54 Å². The summed E-state index contributed by atoms with van der Waals surface area (Å²) in [4.78, 5) is 2.41. The van der Waals surface area contributed by atoms with E-state index in [9.17, 15) is 0 Å². The van der Waals surface area contributed by atoms with Gasteiger partial charge in [0.25, 0.3) is 0 Å². The van der Waals surface area contributed by atoms with Gasteiger partial charge in [0.1, 0.15) is 11.5 Å². The number of hydrogen-bond donors (Lipinski definition) is 1. The summed E-state index contributed by atoms with van der Waals surface area (Å²) in [5.41, 5.74) is 0.135. The zero-order chi connectivity index (χ0) is 13.2. The highest BCUT2D eigenvalue weighted by Gasteiger charge is 2.22. The van der Waals surface area contributed by atoms with Crippen LogP contribution < -0.4 is 5.32 Å². The minimum atomic E-state index is 0.135. The minimum Gasteiger partial charge on any atom is -0.463 e. The zero-order valence-corrected chi connectivity index (χ0v) is 12.1. The number of hydrogen-bond acceptors (Lipinski definition) is 3. The van der Waals surface area contributed by atoms with Gasteiger partial charge in [0, 0.05) is 11.6 Å². The Morgan fingerprint density at radius 2 is 1.94 bits per heavy atom. The van der Waals surface area contributed by atoms with Gasteiger partial charge in [-0.15, -0.1) is 0 Å². The van der Waals surface area contributed by atoms with Crippen LogP contribution in [0.1, 0.15) is 51.6 Å². The SMILES string of the molecule is CN(Cc1ccc(CNC(C)(C)C)o1)C1CCC1. The van der Waals surface area contributed by atoms with E-state index in [0.717, 1.165) is 30.7 Å². The Bertz CT molecular complexity index is 374. The van der Waals surface area contributed by atoms with Crippen molar-refractivity contribution in [3.05, 3.63) is 23.7 Å². The Hall–Kier alpha value is -0.800. The zero-order valence-electron chi connectivity index (χ0n) is 12.1. The summed E-state index contributed by atoms with van der Waals surface area (Å²) in [5.74, 6) is 2.11. The van der Waals surface area contributed by atoms with E-state index >= 15 is 0 Å². The maximum absolute atomic E-state index is 5.86. The molecule has 0 bridgehead atoms. The first-order chi connectivity index (χ1) is 8.44. The molecule has 0 atom stereocenters. The first kappa shape index (κ1) is 13.6. The molecule has 0 amide bonds. The van der Waals surface area contributed by atoms with Gasteiger partial charge in [0.15, 0.2) is 0 Å². The van der Waals surface area contributed by atoms with E-state index in [1.54, 1.807) is 0 Å². The topological polar surface area (TPSA) is 28.4 Å². The molecule has 102 valence electrons. The number of furan rings is 1. The van der Waals surface area contributed by atoms with Crippen LogP contribution in [0.2, 0.25) is 0 Å². The van der Waals surface area contributed by atoms with Crippen molar-refractivity contribution in [1.29, 1.82) is 0 Å². The van der Waals surface area contributed by atoms with Crippen LogP contribution in [0.4, 0.5) is 0 Å². The molecule has 1 fully saturated rings. The molecule has 0 aromatic carbocycles. The van der Waals surface area contributed by atoms with Crippen molar-refractivity contribution < 1.29 is 4.42 Å². The first-order valence-corrected chi connectivity index (χ1v) is 6.97. The fraction of sp³-hybridized carbons (Fsp3) is 0.733. The van der Waals surface area contributed by atoms with Crippen LogP contribution in [0.15, 0.2) is 16.5 Å². The molecule has 18 heavy (non-hydrogen) atoms. The summed E-state index contributed by atoms with van der Waals surface area (Å²) in [6.07, 6.45) is 4.07. The van der Waals surface area contributed by atoms with Crippen molar-refractivity contribution in [1.82, 2.24) is 10.2 Å². The Morgan fingerprint density at radius 3 is 2.50 bits per heavy atom. The molecule has 1 aromatic rings. The summed E-state index contributed by atoms with van der Waals surface area (Å²) in [6, 6.07) is 4.96. The average molecular weight is 250 g/mol. The summed E-state index contributed by atoms with van der Waals surface area (Å²) in [5, 5.41) is 3.44. The van der Waals surface area contributed by atoms with Crippen molar-refractivity contribution in [2.75, 3.05) is 7.05 Å². The molecule has 1 heterocycles. The van der Waals surface area contributed by atoms with Gasteiger partial charge in [-0.05, 0) is 52.8 Å². The van der Waals surface area contributed by atoms with Gasteiger partial charge in [-0.2, -0.15) is 0 Å². The van der Waals surface area contributed by atoms with Gasteiger partial charge in [-0.1, -0.05) is 6.42 Å². The lowest BCUT2D eigenvalue weighted by molar-refractivity contribution is 0.142. The maximum Gasteiger partial charge on any atom is 0.118 e. The molecule has 0 spiro atoms. The van der Waals surface area contributed by atoms with Crippen LogP contribution in [0.5, 0.6) is 0 Å². The van der Waals surface area contributed by atoms with Crippen LogP contribution in [0.25, 0.3) is 0 Å². The molecule has 1 N–H and O–H groups in total. The fourth-order valence-electron chi connectivity index (χ4n) is 2.16. The van der Waals surface area contributed by atoms with E-state index in [2.05, 4.69) is 50.2 Å². The lowest BCUT2D eigenvalue weighted by atomic mass is 9.92. The standard InChI is InChI=1S/C15H26N2O/c1-15(2,3)16-10-13-8-9-14(18-13)11-17(4)12-6-5-7-12/h8-9,12,16H,5-7,10-11H2,1-4H3. The molecule has 1 aliphatic carbocycles. The lowest BCUT2D eigenvalue weighted by Crippen LogP contribution is -2.36. The Balaban J connectivity index is 1.82. The van der Waals surface area contributed by atoms with Gasteiger partial charge in [-0.25, -0.2) is 0 Å². The highest BCUT2D eigenvalue weighted by Crippen LogP contribution is 2.25. The monoisotopic (exact) mass is 250 g/mol. The van der Waals surface area contributed by atoms with Gasteiger partial charge in [0.2, 0.25) is 0 Å². The second kappa shape index (κ2) is 5.45. The van der Waals surface area contributed by atoms with Crippen LogP contribution in [-0.2, 0) is 13.1 Å². The van der Waals surface area contributed by atoms with Gasteiger partial charge >= 0.3 is 0 Å². The predicted molar refractivity (Wildman–Crippen MR) is 74.4 cm³/mol. The third-order valence-electron chi connectivity index (χ3n) is 3.61. The number of nitrogens with zero attached hydrogens (tertiary/aromatic N) is 1. The van der Waals surface area contributed by atoms with E-state index in [4.69, 9.17) is 4.42 Å². The highest BCUT2D eigenvalue weighted by molar-refractivity contribution is 5.07. The van der Waals surface area contributed by atoms with Crippen molar-refractivity contribution in [3.63, 3.8) is 0 Å². The van der Waals surface area contributed by atoms with E-state index < -0.39 is 0 Å². The van der Waals surface area contributed by atoms with Crippen molar-refractivity contribution in [2.45, 2.75) is 64.7 Å². The normalized spacial score (nSPS) is 17.2. The summed E-state index contributed by atoms with van der Waals surface area (Å²) >= 11 is 0. The highest BCUT2D eigenvalue weighted by atomic mass is 16.3. The molecule has 0 aliphatic heterocycles. The molecule has 3 heteroatoms. The Labute approximate surface area is 111 Å². The second-order valence-electron chi connectivity index (χ2n) is 6.47. The van der Waals surface area contributed by atoms with Crippen LogP contribution >= 0.6 is 0 Å². The van der Waals surface area contributed by atoms with Crippen LogP contribution in [0, 0.1) is 0 Å². The lowest BCUT2D eigenvalue weighted by Gasteiger charge is -2.34. The largest absolute Gasteiger partial charge is 0.463 e. The molecule has 3 nitrogen and oxygen atoms in total. The van der Waals surface area contributed by atoms with E-state index in [1.165, 1.54) is 19.3 Å². The molecule has 1 saturated carbocycles. The summed E-state index contributed by atoms with van der Waals surface area (Å²) in [7, 11) is 2.19. The second-order valence-corrected chi connectivity index (χ2v) is 6.47. The minimum absolute atomic E-state index is 0.135. The van der Waals surface area contributed by atoms with E-state index in [0.29, 0.717) is 0 Å². The van der Waals surface area contributed by atoms with Crippen LogP contribution in [-0.4, -0.2) is 23.5 Å². The molecular weight excluding hydrogens is 224 g/mol. The molecule has 2 rings (SSSR count). The number of nitrogens with one attached hydrogen (secondary N) is 1. The number of rotatable bonds is 5. The van der Waals surface area contributed by atoms with Gasteiger partial charge in [0.05, 0.1) is 13.1 Å². The Morgan fingerprint density at radius 1 is 1.28 bits per heavy atom. The third-order valence-corrected chi connectivity index (χ3v) is 3.61. The van der Waals surface area contributed by atoms with Crippen molar-refractivity contribution in [2.24, 2.45) is 0 Å². The molecular formula is C15H26N2O. The summed E-state index contributed by atoms with van der Waals surface area (Å²) in [6.45, 7) is 8.24. The maximum atomic E-state index is 5.86. The molecule has 1 aliphatic rings. The molecule has 0 unspecified atom stereocenters. The Kier molecular flexibility index (Phi) is 4.13. The smallest absolute Gasteiger partial charge is 0.118 e. The van der Waals surface area contributed by atoms with Crippen molar-refractivity contribution >= 4 is 0 Å². The fourth-order valence-corrected chi connectivity index (χ4v) is 2.16. The predicted octanol–water partition coefficient (Wildman–Crippen LogP) is 3.15. The first-order valence-electron chi connectivity index (χ1n) is 6.97. The van der Waals surface area contributed by atoms with Crippen LogP contribution in [0.3, 0.4) is 0 Å². The molecule has 1 aromatic heterocycles. The molecule has 0 radical (unpaired) electrons. The van der Waals surface area contributed by atoms with Gasteiger partial charge < -0.3 is 9.73 Å². The van der Waals surface area contributed by atoms with Crippen molar-refractivity contribution in [3.8, 4) is 0 Å². The van der Waals surface area contributed by atoms with E-state index in [1.807, 2.05) is 0 Å². The van der Waals surface area contributed by atoms with Gasteiger partial charge in [-0.3, -0.25) is 4.90 Å². The quantitative estimate of drug-likeness (QED) is 0.870. The average Bonchev–Trinajstić information content (AvgIpc) is 2.58.